The Morgan fingerprint density at radius 3 is 2.70 bits per heavy atom. The monoisotopic (exact) mass is 443 g/mol. The molecular weight excluding hydrogens is 418 g/mol. The zero-order chi connectivity index (χ0) is 23.1. The van der Waals surface area contributed by atoms with Gasteiger partial charge in [-0.15, -0.1) is 0 Å². The summed E-state index contributed by atoms with van der Waals surface area (Å²) in [4.78, 5) is 16.5. The van der Waals surface area contributed by atoms with Gasteiger partial charge >= 0.3 is 5.69 Å². The predicted molar refractivity (Wildman–Crippen MR) is 129 cm³/mol. The van der Waals surface area contributed by atoms with Gasteiger partial charge in [-0.1, -0.05) is 30.3 Å². The molecule has 7 heteroatoms. The molecule has 0 bridgehead atoms. The molecule has 0 fully saturated rings. The average Bonchev–Trinajstić information content (AvgIpc) is 2.82. The molecule has 4 aromatic rings. The second kappa shape index (κ2) is 8.33. The molecule has 0 saturated heterocycles. The Balaban J connectivity index is 1.81. The first-order valence-corrected chi connectivity index (χ1v) is 11.0. The Kier molecular flexibility index (Phi) is 5.34. The number of hydrogen-bond acceptors (Lipinski definition) is 6. The van der Waals surface area contributed by atoms with E-state index in [1.807, 2.05) is 32.0 Å². The molecule has 1 aromatic heterocycles. The van der Waals surface area contributed by atoms with E-state index in [1.54, 1.807) is 12.1 Å². The van der Waals surface area contributed by atoms with Crippen molar-refractivity contribution in [2.24, 2.45) is 0 Å². The molecule has 0 aliphatic carbocycles. The highest BCUT2D eigenvalue weighted by molar-refractivity contribution is 6.09. The van der Waals surface area contributed by atoms with Crippen LogP contribution in [0.4, 0.5) is 5.69 Å². The summed E-state index contributed by atoms with van der Waals surface area (Å²) in [5.41, 5.74) is 4.44. The van der Waals surface area contributed by atoms with Crippen molar-refractivity contribution in [3.8, 4) is 22.8 Å². The molecule has 0 spiro atoms. The van der Waals surface area contributed by atoms with Crippen molar-refractivity contribution >= 4 is 27.4 Å². The van der Waals surface area contributed by atoms with E-state index in [9.17, 15) is 10.1 Å². The molecule has 0 radical (unpaired) electrons. The van der Waals surface area contributed by atoms with Crippen molar-refractivity contribution in [1.82, 2.24) is 10.3 Å². The van der Waals surface area contributed by atoms with Gasteiger partial charge in [-0.2, -0.15) is 0 Å². The van der Waals surface area contributed by atoms with Crippen LogP contribution < -0.4 is 14.8 Å². The maximum absolute atomic E-state index is 11.9. The zero-order valence-electron chi connectivity index (χ0n) is 18.8. The lowest BCUT2D eigenvalue weighted by atomic mass is 9.90. The van der Waals surface area contributed by atoms with Crippen LogP contribution in [0.3, 0.4) is 0 Å². The fraction of sp³-hybridized carbons (Fsp3) is 0.269. The quantitative estimate of drug-likeness (QED) is 0.252. The molecule has 168 valence electrons. The number of pyridine rings is 1. The van der Waals surface area contributed by atoms with Crippen LogP contribution in [0.2, 0.25) is 0 Å². The second-order valence-corrected chi connectivity index (χ2v) is 8.48. The minimum absolute atomic E-state index is 0.129. The molecule has 1 aliphatic heterocycles. The van der Waals surface area contributed by atoms with Gasteiger partial charge in [0, 0.05) is 23.6 Å². The van der Waals surface area contributed by atoms with E-state index in [-0.39, 0.29) is 17.5 Å². The Morgan fingerprint density at radius 1 is 1.12 bits per heavy atom. The van der Waals surface area contributed by atoms with Crippen LogP contribution in [0.25, 0.3) is 32.9 Å². The second-order valence-electron chi connectivity index (χ2n) is 8.48. The number of nitro groups is 1. The first-order valence-electron chi connectivity index (χ1n) is 11.0. The molecule has 33 heavy (non-hydrogen) atoms. The average molecular weight is 444 g/mol. The minimum atomic E-state index is -0.428. The number of nitrogens with one attached hydrogen (secondary N) is 1. The van der Waals surface area contributed by atoms with E-state index in [4.69, 9.17) is 14.5 Å². The first-order chi connectivity index (χ1) is 16.0. The number of rotatable bonds is 5. The van der Waals surface area contributed by atoms with Crippen LogP contribution >= 0.6 is 0 Å². The largest absolute Gasteiger partial charge is 0.493 e. The van der Waals surface area contributed by atoms with Crippen molar-refractivity contribution in [3.63, 3.8) is 0 Å². The minimum Gasteiger partial charge on any atom is -0.493 e. The van der Waals surface area contributed by atoms with E-state index in [0.29, 0.717) is 17.9 Å². The number of methoxy groups -OCH3 is 1. The Hall–Kier alpha value is -3.71. The van der Waals surface area contributed by atoms with E-state index >= 15 is 0 Å². The summed E-state index contributed by atoms with van der Waals surface area (Å²) in [6.45, 7) is 5.18. The van der Waals surface area contributed by atoms with Crippen LogP contribution in [0.15, 0.2) is 48.5 Å². The molecule has 5 rings (SSSR count). The number of aromatic nitrogens is 1. The smallest absolute Gasteiger partial charge is 0.315 e. The first kappa shape index (κ1) is 21.2. The predicted octanol–water partition coefficient (Wildman–Crippen LogP) is 5.40. The number of nitrogens with zero attached hydrogens (tertiary/aromatic N) is 2. The molecule has 3 aromatic carbocycles. The standard InChI is InChI=1S/C26H25N3O4/c1-15(2)33-26-22(29(30)31)12-17(13-23(26)32-3)25-20-14-27-11-10-19(20)24-18-7-5-4-6-16(18)8-9-21(24)28-25/h4-9,12-13,15,27H,10-11,14H2,1-3H3. The number of benzene rings is 3. The van der Waals surface area contributed by atoms with Gasteiger partial charge in [0.15, 0.2) is 5.75 Å². The third-order valence-electron chi connectivity index (χ3n) is 6.02. The van der Waals surface area contributed by atoms with Gasteiger partial charge in [-0.25, -0.2) is 4.98 Å². The zero-order valence-corrected chi connectivity index (χ0v) is 18.8. The van der Waals surface area contributed by atoms with Crippen LogP contribution in [-0.4, -0.2) is 29.7 Å². The van der Waals surface area contributed by atoms with Crippen molar-refractivity contribution < 1.29 is 14.4 Å². The van der Waals surface area contributed by atoms with Gasteiger partial charge in [0.1, 0.15) is 0 Å². The maximum atomic E-state index is 11.9. The van der Waals surface area contributed by atoms with E-state index in [2.05, 4.69) is 23.5 Å². The van der Waals surface area contributed by atoms with Crippen LogP contribution in [0.1, 0.15) is 25.0 Å². The van der Waals surface area contributed by atoms with Gasteiger partial charge in [0.25, 0.3) is 0 Å². The summed E-state index contributed by atoms with van der Waals surface area (Å²) in [6, 6.07) is 15.8. The van der Waals surface area contributed by atoms with E-state index in [0.717, 1.165) is 35.1 Å². The highest BCUT2D eigenvalue weighted by atomic mass is 16.6. The topological polar surface area (TPSA) is 86.5 Å². The Bertz CT molecular complexity index is 1400. The number of nitro benzene ring substituents is 1. The van der Waals surface area contributed by atoms with Crippen molar-refractivity contribution in [3.05, 3.63) is 69.8 Å². The highest BCUT2D eigenvalue weighted by Crippen LogP contribution is 2.43. The van der Waals surface area contributed by atoms with E-state index in [1.165, 1.54) is 23.4 Å². The summed E-state index contributed by atoms with van der Waals surface area (Å²) in [7, 11) is 1.49. The normalized spacial score (nSPS) is 13.3. The van der Waals surface area contributed by atoms with Crippen LogP contribution in [0, 0.1) is 10.1 Å². The van der Waals surface area contributed by atoms with Crippen LogP contribution in [-0.2, 0) is 13.0 Å². The number of ether oxygens (including phenoxy) is 2. The van der Waals surface area contributed by atoms with Crippen molar-refractivity contribution in [1.29, 1.82) is 0 Å². The van der Waals surface area contributed by atoms with E-state index < -0.39 is 4.92 Å². The highest BCUT2D eigenvalue weighted by Gasteiger charge is 2.27. The lowest BCUT2D eigenvalue weighted by Crippen LogP contribution is -2.25. The third kappa shape index (κ3) is 3.64. The molecule has 1 aliphatic rings. The summed E-state index contributed by atoms with van der Waals surface area (Å²) in [5, 5.41) is 18.9. The van der Waals surface area contributed by atoms with Crippen LogP contribution in [0.5, 0.6) is 11.5 Å². The SMILES string of the molecule is COc1cc(-c2nc3ccc4ccccc4c3c3c2CNCC3)cc([N+](=O)[O-])c1OC(C)C. The molecule has 0 saturated carbocycles. The van der Waals surface area contributed by atoms with Crippen molar-refractivity contribution in [2.75, 3.05) is 13.7 Å². The molecule has 2 heterocycles. The molecule has 0 unspecified atom stereocenters. The molecule has 0 atom stereocenters. The molecule has 1 N–H and O–H groups in total. The summed E-state index contributed by atoms with van der Waals surface area (Å²) < 4.78 is 11.3. The molecule has 0 amide bonds. The lowest BCUT2D eigenvalue weighted by Gasteiger charge is -2.23. The summed E-state index contributed by atoms with van der Waals surface area (Å²) >= 11 is 0. The number of hydrogen-bond donors (Lipinski definition) is 1. The fourth-order valence-corrected chi connectivity index (χ4v) is 4.65. The van der Waals surface area contributed by atoms with Gasteiger partial charge in [-0.3, -0.25) is 10.1 Å². The van der Waals surface area contributed by atoms with Gasteiger partial charge < -0.3 is 14.8 Å². The van der Waals surface area contributed by atoms with Gasteiger partial charge in [0.05, 0.1) is 29.3 Å². The molecule has 7 nitrogen and oxygen atoms in total. The van der Waals surface area contributed by atoms with Gasteiger partial charge in [0.2, 0.25) is 5.75 Å². The number of fused-ring (bicyclic) bond motifs is 5. The Morgan fingerprint density at radius 2 is 1.94 bits per heavy atom. The maximum Gasteiger partial charge on any atom is 0.315 e. The fourth-order valence-electron chi connectivity index (χ4n) is 4.65. The van der Waals surface area contributed by atoms with Crippen molar-refractivity contribution in [2.45, 2.75) is 32.9 Å². The van der Waals surface area contributed by atoms with Gasteiger partial charge in [-0.05, 0) is 60.8 Å². The summed E-state index contributed by atoms with van der Waals surface area (Å²) in [6.07, 6.45) is 0.635. The molecular formula is C26H25N3O4. The summed E-state index contributed by atoms with van der Waals surface area (Å²) in [5.74, 6) is 0.464. The lowest BCUT2D eigenvalue weighted by molar-refractivity contribution is -0.386. The third-order valence-corrected chi connectivity index (χ3v) is 6.02. The Labute approximate surface area is 191 Å².